The van der Waals surface area contributed by atoms with Crippen molar-refractivity contribution in [1.29, 1.82) is 0 Å². The largest absolute Gasteiger partial charge is 0.381 e. The molecule has 1 fully saturated rings. The fourth-order valence-corrected chi connectivity index (χ4v) is 3.48. The van der Waals surface area contributed by atoms with Crippen molar-refractivity contribution < 1.29 is 4.74 Å². The highest BCUT2D eigenvalue weighted by Gasteiger charge is 2.29. The minimum absolute atomic E-state index is 0.0637. The summed E-state index contributed by atoms with van der Waals surface area (Å²) in [6, 6.07) is 0.0637. The molecule has 1 saturated heterocycles. The lowest BCUT2D eigenvalue weighted by Crippen LogP contribution is -2.29. The molecule has 0 bridgehead atoms. The molecule has 1 aliphatic rings. The maximum atomic E-state index is 5.54. The topological polar surface area (TPSA) is 82.7 Å². The maximum Gasteiger partial charge on any atom is 0.165 e. The molecular weight excluding hydrogens is 318 g/mol. The van der Waals surface area contributed by atoms with Crippen LogP contribution in [0.2, 0.25) is 0 Å². The molecule has 3 aromatic rings. The average Bonchev–Trinajstić information content (AvgIpc) is 3.26. The maximum absolute atomic E-state index is 5.54. The molecular formula is C17H23N7O. The van der Waals surface area contributed by atoms with Crippen LogP contribution in [0.25, 0.3) is 11.2 Å². The van der Waals surface area contributed by atoms with Gasteiger partial charge in [0, 0.05) is 39.2 Å². The van der Waals surface area contributed by atoms with Gasteiger partial charge in [-0.05, 0) is 25.7 Å². The van der Waals surface area contributed by atoms with Gasteiger partial charge in [0.25, 0.3) is 0 Å². The number of nitrogens with one attached hydrogen (secondary N) is 1. The quantitative estimate of drug-likeness (QED) is 0.766. The van der Waals surface area contributed by atoms with Crippen molar-refractivity contribution >= 4 is 17.0 Å². The molecule has 4 rings (SSSR count). The Kier molecular flexibility index (Phi) is 4.35. The fourth-order valence-electron chi connectivity index (χ4n) is 3.48. The molecule has 1 aliphatic heterocycles. The molecule has 0 saturated carbocycles. The van der Waals surface area contributed by atoms with Crippen molar-refractivity contribution in [1.82, 2.24) is 29.1 Å². The molecule has 0 amide bonds. The van der Waals surface area contributed by atoms with E-state index in [4.69, 9.17) is 4.74 Å². The second kappa shape index (κ2) is 6.79. The van der Waals surface area contributed by atoms with Gasteiger partial charge in [0.15, 0.2) is 11.5 Å². The standard InChI is InChI=1S/C17H23N7O/c1-3-24-11-21-14-15(19-10-20-17(14)24)22-13(12-4-8-25-9-5-12)16-18-6-7-23(16)2/h6-7,10-13H,3-5,8-9H2,1-2H3,(H,19,20,22)/t13-/m0/s1. The Morgan fingerprint density at radius 3 is 2.80 bits per heavy atom. The van der Waals surface area contributed by atoms with Crippen molar-refractivity contribution in [3.05, 3.63) is 30.9 Å². The normalized spacial score (nSPS) is 17.0. The van der Waals surface area contributed by atoms with Crippen LogP contribution >= 0.6 is 0 Å². The summed E-state index contributed by atoms with van der Waals surface area (Å²) in [6.45, 7) is 4.48. The van der Waals surface area contributed by atoms with Crippen LogP contribution in [-0.4, -0.2) is 42.3 Å². The van der Waals surface area contributed by atoms with Crippen LogP contribution in [0.5, 0.6) is 0 Å². The van der Waals surface area contributed by atoms with Crippen molar-refractivity contribution in [3.63, 3.8) is 0 Å². The van der Waals surface area contributed by atoms with Gasteiger partial charge in [-0.1, -0.05) is 0 Å². The highest BCUT2D eigenvalue weighted by Crippen LogP contribution is 2.33. The summed E-state index contributed by atoms with van der Waals surface area (Å²) >= 11 is 0. The minimum Gasteiger partial charge on any atom is -0.381 e. The van der Waals surface area contributed by atoms with Gasteiger partial charge in [0.2, 0.25) is 0 Å². The number of imidazole rings is 2. The van der Waals surface area contributed by atoms with Gasteiger partial charge in [-0.25, -0.2) is 19.9 Å². The first-order chi connectivity index (χ1) is 12.3. The van der Waals surface area contributed by atoms with Gasteiger partial charge in [0.1, 0.15) is 17.7 Å². The van der Waals surface area contributed by atoms with E-state index in [1.807, 2.05) is 30.3 Å². The zero-order valence-corrected chi connectivity index (χ0v) is 14.6. The molecule has 0 spiro atoms. The minimum atomic E-state index is 0.0637. The molecule has 25 heavy (non-hydrogen) atoms. The fraction of sp³-hybridized carbons (Fsp3) is 0.529. The van der Waals surface area contributed by atoms with Crippen molar-refractivity contribution in [3.8, 4) is 0 Å². The van der Waals surface area contributed by atoms with Crippen molar-refractivity contribution in [2.24, 2.45) is 13.0 Å². The van der Waals surface area contributed by atoms with E-state index in [9.17, 15) is 0 Å². The van der Waals surface area contributed by atoms with Gasteiger partial charge in [0.05, 0.1) is 12.4 Å². The van der Waals surface area contributed by atoms with Gasteiger partial charge in [-0.3, -0.25) is 0 Å². The van der Waals surface area contributed by atoms with Crippen LogP contribution in [0.1, 0.15) is 31.6 Å². The molecule has 8 nitrogen and oxygen atoms in total. The lowest BCUT2D eigenvalue weighted by atomic mass is 9.91. The second-order valence-corrected chi connectivity index (χ2v) is 6.39. The van der Waals surface area contributed by atoms with E-state index in [0.29, 0.717) is 5.92 Å². The molecule has 0 aliphatic carbocycles. The van der Waals surface area contributed by atoms with Crippen LogP contribution in [0, 0.1) is 5.92 Å². The number of hydrogen-bond donors (Lipinski definition) is 1. The first kappa shape index (κ1) is 16.0. The predicted molar refractivity (Wildman–Crippen MR) is 94.1 cm³/mol. The van der Waals surface area contributed by atoms with Gasteiger partial charge < -0.3 is 19.2 Å². The van der Waals surface area contributed by atoms with E-state index in [1.54, 1.807) is 6.33 Å². The Labute approximate surface area is 146 Å². The Balaban J connectivity index is 1.71. The summed E-state index contributed by atoms with van der Waals surface area (Å²) in [7, 11) is 2.03. The Bertz CT molecular complexity index is 850. The van der Waals surface area contributed by atoms with Crippen LogP contribution in [0.15, 0.2) is 25.0 Å². The zero-order valence-electron chi connectivity index (χ0n) is 14.6. The van der Waals surface area contributed by atoms with Crippen LogP contribution in [0.3, 0.4) is 0 Å². The van der Waals surface area contributed by atoms with E-state index >= 15 is 0 Å². The lowest BCUT2D eigenvalue weighted by molar-refractivity contribution is 0.0594. The summed E-state index contributed by atoms with van der Waals surface area (Å²) in [6.07, 6.45) is 9.23. The SMILES string of the molecule is CCn1cnc2c(N[C@H](c3nccn3C)C3CCOCC3)ncnc21. The van der Waals surface area contributed by atoms with E-state index in [-0.39, 0.29) is 6.04 Å². The number of fused-ring (bicyclic) bond motifs is 1. The summed E-state index contributed by atoms with van der Waals surface area (Å²) in [4.78, 5) is 17.9. The van der Waals surface area contributed by atoms with Crippen LogP contribution < -0.4 is 5.32 Å². The molecule has 0 unspecified atom stereocenters. The highest BCUT2D eigenvalue weighted by molar-refractivity contribution is 5.82. The molecule has 1 atom stereocenters. The summed E-state index contributed by atoms with van der Waals surface area (Å²) in [5, 5.41) is 3.61. The first-order valence-corrected chi connectivity index (χ1v) is 8.75. The zero-order chi connectivity index (χ0) is 17.2. The summed E-state index contributed by atoms with van der Waals surface area (Å²) in [5.74, 6) is 2.21. The van der Waals surface area contributed by atoms with Crippen LogP contribution in [-0.2, 0) is 18.3 Å². The third kappa shape index (κ3) is 2.97. The molecule has 3 aromatic heterocycles. The molecule has 8 heteroatoms. The summed E-state index contributed by atoms with van der Waals surface area (Å²) in [5.41, 5.74) is 1.65. The second-order valence-electron chi connectivity index (χ2n) is 6.39. The first-order valence-electron chi connectivity index (χ1n) is 8.75. The highest BCUT2D eigenvalue weighted by atomic mass is 16.5. The van der Waals surface area contributed by atoms with E-state index in [2.05, 4.69) is 36.7 Å². The van der Waals surface area contributed by atoms with Crippen molar-refractivity contribution in [2.75, 3.05) is 18.5 Å². The van der Waals surface area contributed by atoms with E-state index in [1.165, 1.54) is 0 Å². The molecule has 1 N–H and O–H groups in total. The van der Waals surface area contributed by atoms with E-state index < -0.39 is 0 Å². The lowest BCUT2D eigenvalue weighted by Gasteiger charge is -2.30. The molecule has 4 heterocycles. The number of aryl methyl sites for hydroxylation is 2. The third-order valence-electron chi connectivity index (χ3n) is 4.91. The Morgan fingerprint density at radius 1 is 1.24 bits per heavy atom. The monoisotopic (exact) mass is 341 g/mol. The van der Waals surface area contributed by atoms with E-state index in [0.717, 1.165) is 55.4 Å². The van der Waals surface area contributed by atoms with Gasteiger partial charge in [-0.15, -0.1) is 0 Å². The van der Waals surface area contributed by atoms with Gasteiger partial charge >= 0.3 is 0 Å². The third-order valence-corrected chi connectivity index (χ3v) is 4.91. The average molecular weight is 341 g/mol. The smallest absolute Gasteiger partial charge is 0.165 e. The summed E-state index contributed by atoms with van der Waals surface area (Å²) < 4.78 is 9.63. The van der Waals surface area contributed by atoms with Crippen molar-refractivity contribution in [2.45, 2.75) is 32.4 Å². The number of hydrogen-bond acceptors (Lipinski definition) is 6. The number of nitrogens with zero attached hydrogens (tertiary/aromatic N) is 6. The number of anilines is 1. The predicted octanol–water partition coefficient (Wildman–Crippen LogP) is 2.16. The van der Waals surface area contributed by atoms with Gasteiger partial charge in [-0.2, -0.15) is 0 Å². The van der Waals surface area contributed by atoms with Crippen LogP contribution in [0.4, 0.5) is 5.82 Å². The number of aromatic nitrogens is 6. The Morgan fingerprint density at radius 2 is 2.08 bits per heavy atom. The Hall–Kier alpha value is -2.48. The molecule has 132 valence electrons. The number of ether oxygens (including phenoxy) is 1. The molecule has 0 aromatic carbocycles. The number of rotatable bonds is 5. The molecule has 0 radical (unpaired) electrons.